The van der Waals surface area contributed by atoms with Crippen LogP contribution in [0.4, 0.5) is 0 Å². The fraction of sp³-hybridized carbons (Fsp3) is 0.143. The predicted octanol–water partition coefficient (Wildman–Crippen LogP) is 8.33. The van der Waals surface area contributed by atoms with Crippen LogP contribution in [0.3, 0.4) is 0 Å². The van der Waals surface area contributed by atoms with Crippen LogP contribution >= 0.6 is 76.3 Å². The molecule has 0 saturated heterocycles. The van der Waals surface area contributed by atoms with Crippen molar-refractivity contribution in [3.05, 3.63) is 54.4 Å². The monoisotopic (exact) mass is 498 g/mol. The van der Waals surface area contributed by atoms with E-state index in [1.807, 2.05) is 0 Å². The highest BCUT2D eigenvalue weighted by Gasteiger charge is 2.27. The van der Waals surface area contributed by atoms with Crippen LogP contribution in [-0.2, 0) is 16.3 Å². The highest BCUT2D eigenvalue weighted by Crippen LogP contribution is 2.53. The van der Waals surface area contributed by atoms with Crippen molar-refractivity contribution >= 4 is 88.1 Å². The summed E-state index contributed by atoms with van der Waals surface area (Å²) in [6.07, 6.45) is 0. The molecule has 0 saturated carbocycles. The summed E-state index contributed by atoms with van der Waals surface area (Å²) in [5, 5.41) is 1.44. The van der Waals surface area contributed by atoms with E-state index in [1.54, 1.807) is 6.92 Å². The molecule has 0 aliphatic rings. The molecule has 11 heteroatoms. The first kappa shape index (κ1) is 21.7. The summed E-state index contributed by atoms with van der Waals surface area (Å²) in [5.74, 6) is 0.341. The molecule has 0 atom stereocenters. The first-order chi connectivity index (χ1) is 11.6. The van der Waals surface area contributed by atoms with Gasteiger partial charge in [0.15, 0.2) is 0 Å². The zero-order valence-electron chi connectivity index (χ0n) is 12.4. The lowest BCUT2D eigenvalue weighted by Gasteiger charge is -2.23. The zero-order valence-corrected chi connectivity index (χ0v) is 18.6. The molecule has 2 aromatic rings. The van der Waals surface area contributed by atoms with Crippen LogP contribution in [0.15, 0.2) is 24.3 Å². The Morgan fingerprint density at radius 1 is 0.720 bits per heavy atom. The molecule has 0 amide bonds. The molecular formula is C14H9Cl6O3PS. The Hall–Kier alpha value is 0.390. The van der Waals surface area contributed by atoms with E-state index >= 15 is 0 Å². The van der Waals surface area contributed by atoms with E-state index in [-0.39, 0.29) is 48.2 Å². The molecule has 0 radical (unpaired) electrons. The van der Waals surface area contributed by atoms with Gasteiger partial charge in [-0.05, 0) is 19.1 Å². The first-order valence-corrected chi connectivity index (χ1v) is 11.4. The molecule has 0 heterocycles. The van der Waals surface area contributed by atoms with Crippen LogP contribution in [0, 0.1) is 0 Å². The Morgan fingerprint density at radius 3 is 1.44 bits per heavy atom. The average Bonchev–Trinajstić information content (AvgIpc) is 2.50. The van der Waals surface area contributed by atoms with Gasteiger partial charge in [-0.15, -0.1) is 0 Å². The van der Waals surface area contributed by atoms with Crippen molar-refractivity contribution in [3.8, 4) is 11.5 Å². The highest BCUT2D eigenvalue weighted by atomic mass is 35.5. The maximum Gasteiger partial charge on any atom is 0.435 e. The van der Waals surface area contributed by atoms with Gasteiger partial charge >= 0.3 is 6.72 Å². The van der Waals surface area contributed by atoms with Crippen molar-refractivity contribution in [2.45, 2.75) is 6.92 Å². The molecule has 0 unspecified atom stereocenters. The standard InChI is InChI=1S/C14H9Cl6O3PS/c1-2-21-24(25,22-13-5-9(17)7(15)3-11(13)19)23-14-6-10(18)8(16)4-12(14)20/h3-6H,2H2,1H3. The molecule has 0 aliphatic heterocycles. The van der Waals surface area contributed by atoms with Gasteiger partial charge in [0.25, 0.3) is 0 Å². The Bertz CT molecular complexity index is 784. The molecular weight excluding hydrogens is 492 g/mol. The Morgan fingerprint density at radius 2 is 1.08 bits per heavy atom. The fourth-order valence-electron chi connectivity index (χ4n) is 1.62. The quantitative estimate of drug-likeness (QED) is 0.294. The maximum atomic E-state index is 6.12. The second-order valence-electron chi connectivity index (χ2n) is 4.44. The van der Waals surface area contributed by atoms with E-state index in [0.29, 0.717) is 0 Å². The van der Waals surface area contributed by atoms with E-state index in [9.17, 15) is 0 Å². The summed E-state index contributed by atoms with van der Waals surface area (Å²) in [6, 6.07) is 5.70. The van der Waals surface area contributed by atoms with Crippen molar-refractivity contribution in [2.24, 2.45) is 0 Å². The Kier molecular flexibility index (Phi) is 7.85. The largest absolute Gasteiger partial charge is 0.435 e. The molecule has 0 bridgehead atoms. The van der Waals surface area contributed by atoms with E-state index < -0.39 is 6.72 Å². The first-order valence-electron chi connectivity index (χ1n) is 6.58. The van der Waals surface area contributed by atoms with Gasteiger partial charge in [0.1, 0.15) is 11.5 Å². The lowest BCUT2D eigenvalue weighted by Crippen LogP contribution is -2.05. The summed E-state index contributed by atoms with van der Waals surface area (Å²) in [7, 11) is 0. The number of halogens is 6. The molecule has 0 aliphatic carbocycles. The van der Waals surface area contributed by atoms with Crippen LogP contribution in [0.1, 0.15) is 6.92 Å². The van der Waals surface area contributed by atoms with E-state index in [4.69, 9.17) is 95.0 Å². The summed E-state index contributed by atoms with van der Waals surface area (Å²) in [6.45, 7) is -1.36. The Labute approximate surface area is 180 Å². The van der Waals surface area contributed by atoms with Crippen LogP contribution < -0.4 is 9.05 Å². The van der Waals surface area contributed by atoms with Crippen LogP contribution in [0.25, 0.3) is 0 Å². The van der Waals surface area contributed by atoms with Crippen molar-refractivity contribution < 1.29 is 13.6 Å². The van der Waals surface area contributed by atoms with Gasteiger partial charge in [-0.3, -0.25) is 4.52 Å². The SMILES string of the molecule is CCOP(=S)(Oc1cc(Cl)c(Cl)cc1Cl)Oc1cc(Cl)c(Cl)cc1Cl. The minimum atomic E-state index is -3.33. The molecule has 0 N–H and O–H groups in total. The van der Waals surface area contributed by atoms with Crippen molar-refractivity contribution in [2.75, 3.05) is 6.61 Å². The second-order valence-corrected chi connectivity index (χ2v) is 9.74. The number of hydrogen-bond donors (Lipinski definition) is 0. The lowest BCUT2D eigenvalue weighted by molar-refractivity contribution is 0.277. The molecule has 136 valence electrons. The van der Waals surface area contributed by atoms with E-state index in [1.165, 1.54) is 24.3 Å². The smallest absolute Gasteiger partial charge is 0.414 e. The van der Waals surface area contributed by atoms with Crippen molar-refractivity contribution in [1.82, 2.24) is 0 Å². The van der Waals surface area contributed by atoms with Crippen LogP contribution in [0.5, 0.6) is 11.5 Å². The predicted molar refractivity (Wildman–Crippen MR) is 110 cm³/mol. The van der Waals surface area contributed by atoms with E-state index in [2.05, 4.69) is 0 Å². The lowest BCUT2D eigenvalue weighted by atomic mass is 10.3. The topological polar surface area (TPSA) is 27.7 Å². The summed E-state index contributed by atoms with van der Waals surface area (Å²) in [4.78, 5) is 0. The van der Waals surface area contributed by atoms with Crippen LogP contribution in [0.2, 0.25) is 30.1 Å². The summed E-state index contributed by atoms with van der Waals surface area (Å²) in [5.41, 5.74) is 0. The third kappa shape index (κ3) is 5.68. The minimum absolute atomic E-state index is 0.170. The van der Waals surface area contributed by atoms with Crippen LogP contribution in [-0.4, -0.2) is 6.61 Å². The normalized spacial score (nSPS) is 11.5. The fourth-order valence-corrected chi connectivity index (χ4v) is 4.92. The molecule has 2 rings (SSSR count). The zero-order chi connectivity index (χ0) is 18.8. The van der Waals surface area contributed by atoms with Gasteiger partial charge in [0.05, 0.1) is 36.7 Å². The van der Waals surface area contributed by atoms with Gasteiger partial charge in [-0.1, -0.05) is 69.6 Å². The summed E-state index contributed by atoms with van der Waals surface area (Å²) >= 11 is 41.4. The maximum absolute atomic E-state index is 6.12. The molecule has 0 fully saturated rings. The number of benzene rings is 2. The number of rotatable bonds is 6. The van der Waals surface area contributed by atoms with Gasteiger partial charge in [-0.2, -0.15) is 0 Å². The third-order valence-electron chi connectivity index (χ3n) is 2.66. The Balaban J connectivity index is 2.38. The van der Waals surface area contributed by atoms with Gasteiger partial charge in [0.2, 0.25) is 0 Å². The molecule has 2 aromatic carbocycles. The van der Waals surface area contributed by atoms with Crippen molar-refractivity contribution in [1.29, 1.82) is 0 Å². The number of hydrogen-bond acceptors (Lipinski definition) is 4. The van der Waals surface area contributed by atoms with Crippen molar-refractivity contribution in [3.63, 3.8) is 0 Å². The van der Waals surface area contributed by atoms with Gasteiger partial charge < -0.3 is 9.05 Å². The molecule has 3 nitrogen and oxygen atoms in total. The molecule has 0 spiro atoms. The molecule has 25 heavy (non-hydrogen) atoms. The van der Waals surface area contributed by atoms with Gasteiger partial charge in [0, 0.05) is 23.9 Å². The average molecular weight is 501 g/mol. The highest BCUT2D eigenvalue weighted by molar-refractivity contribution is 8.07. The molecule has 0 aromatic heterocycles. The minimum Gasteiger partial charge on any atom is -0.414 e. The summed E-state index contributed by atoms with van der Waals surface area (Å²) < 4.78 is 16.9. The van der Waals surface area contributed by atoms with E-state index in [0.717, 1.165) is 0 Å². The third-order valence-corrected chi connectivity index (χ3v) is 6.87. The van der Waals surface area contributed by atoms with Gasteiger partial charge in [-0.25, -0.2) is 0 Å². The second kappa shape index (κ2) is 9.05.